The van der Waals surface area contributed by atoms with E-state index in [2.05, 4.69) is 22.3 Å². The summed E-state index contributed by atoms with van der Waals surface area (Å²) in [5, 5.41) is 8.07. The van der Waals surface area contributed by atoms with Gasteiger partial charge in [0, 0.05) is 31.0 Å². The lowest BCUT2D eigenvalue weighted by molar-refractivity contribution is 0.602. The minimum absolute atomic E-state index is 0.501. The number of hydrogen-bond acceptors (Lipinski definition) is 3. The molecule has 0 saturated carbocycles. The van der Waals surface area contributed by atoms with Crippen LogP contribution in [0.4, 0.5) is 5.69 Å². The molecule has 5 heteroatoms. The van der Waals surface area contributed by atoms with Crippen molar-refractivity contribution in [2.24, 2.45) is 0 Å². The standard InChI is InChI=1S/C13H17ClN4/c1-3-4-18-9-11(8-17-18)7-15-12-5-10(2)6-16-13(12)14/h5-6,8-9,15H,3-4,7H2,1-2H3. The number of nitrogens with one attached hydrogen (secondary N) is 1. The number of halogens is 1. The summed E-state index contributed by atoms with van der Waals surface area (Å²) in [6.45, 7) is 5.78. The van der Waals surface area contributed by atoms with E-state index in [1.165, 1.54) is 0 Å². The molecule has 0 saturated heterocycles. The van der Waals surface area contributed by atoms with Gasteiger partial charge in [0.2, 0.25) is 0 Å². The van der Waals surface area contributed by atoms with Crippen molar-refractivity contribution in [3.05, 3.63) is 40.9 Å². The summed E-state index contributed by atoms with van der Waals surface area (Å²) in [4.78, 5) is 4.11. The molecule has 0 aliphatic heterocycles. The molecule has 0 amide bonds. The Balaban J connectivity index is 1.99. The van der Waals surface area contributed by atoms with Gasteiger partial charge in [-0.1, -0.05) is 18.5 Å². The van der Waals surface area contributed by atoms with Crippen LogP contribution in [-0.4, -0.2) is 14.8 Å². The molecule has 0 unspecified atom stereocenters. The first-order valence-electron chi connectivity index (χ1n) is 6.06. The van der Waals surface area contributed by atoms with Crippen molar-refractivity contribution >= 4 is 17.3 Å². The first-order valence-corrected chi connectivity index (χ1v) is 6.44. The number of aromatic nitrogens is 3. The molecule has 4 nitrogen and oxygen atoms in total. The van der Waals surface area contributed by atoms with Crippen LogP contribution >= 0.6 is 11.6 Å². The van der Waals surface area contributed by atoms with Gasteiger partial charge in [-0.15, -0.1) is 0 Å². The number of nitrogens with zero attached hydrogens (tertiary/aromatic N) is 3. The van der Waals surface area contributed by atoms with Gasteiger partial charge in [0.05, 0.1) is 11.9 Å². The van der Waals surface area contributed by atoms with Gasteiger partial charge in [0.15, 0.2) is 5.15 Å². The maximum absolute atomic E-state index is 6.02. The molecule has 0 bridgehead atoms. The summed E-state index contributed by atoms with van der Waals surface area (Å²) >= 11 is 6.02. The highest BCUT2D eigenvalue weighted by Crippen LogP contribution is 2.20. The van der Waals surface area contributed by atoms with Crippen LogP contribution in [0.5, 0.6) is 0 Å². The van der Waals surface area contributed by atoms with Crippen LogP contribution in [0.3, 0.4) is 0 Å². The Labute approximate surface area is 112 Å². The molecule has 0 aliphatic rings. The average molecular weight is 265 g/mol. The van der Waals surface area contributed by atoms with E-state index in [0.717, 1.165) is 29.8 Å². The number of rotatable bonds is 5. The van der Waals surface area contributed by atoms with Gasteiger partial charge in [-0.2, -0.15) is 5.10 Å². The van der Waals surface area contributed by atoms with Gasteiger partial charge in [-0.3, -0.25) is 4.68 Å². The Morgan fingerprint density at radius 3 is 3.00 bits per heavy atom. The first kappa shape index (κ1) is 12.9. The molecule has 2 rings (SSSR count). The zero-order valence-electron chi connectivity index (χ0n) is 10.7. The van der Waals surface area contributed by atoms with Crippen LogP contribution in [0.15, 0.2) is 24.7 Å². The quantitative estimate of drug-likeness (QED) is 0.843. The topological polar surface area (TPSA) is 42.7 Å². The molecule has 0 atom stereocenters. The van der Waals surface area contributed by atoms with Crippen molar-refractivity contribution in [3.8, 4) is 0 Å². The third-order valence-electron chi connectivity index (χ3n) is 2.60. The second-order valence-electron chi connectivity index (χ2n) is 4.32. The van der Waals surface area contributed by atoms with Crippen molar-refractivity contribution in [2.45, 2.75) is 33.4 Å². The van der Waals surface area contributed by atoms with Crippen LogP contribution < -0.4 is 5.32 Å². The molecular formula is C13H17ClN4. The summed E-state index contributed by atoms with van der Waals surface area (Å²) in [5.74, 6) is 0. The van der Waals surface area contributed by atoms with Gasteiger partial charge < -0.3 is 5.32 Å². The van der Waals surface area contributed by atoms with Crippen molar-refractivity contribution in [1.82, 2.24) is 14.8 Å². The molecule has 2 aromatic heterocycles. The molecule has 0 fully saturated rings. The summed E-state index contributed by atoms with van der Waals surface area (Å²) in [6, 6.07) is 1.99. The number of hydrogen-bond donors (Lipinski definition) is 1. The third kappa shape index (κ3) is 3.23. The predicted octanol–water partition coefficient (Wildman–Crippen LogP) is 3.26. The van der Waals surface area contributed by atoms with Crippen molar-refractivity contribution in [3.63, 3.8) is 0 Å². The number of anilines is 1. The fraction of sp³-hybridized carbons (Fsp3) is 0.385. The van der Waals surface area contributed by atoms with E-state index in [1.807, 2.05) is 30.1 Å². The highest BCUT2D eigenvalue weighted by atomic mass is 35.5. The largest absolute Gasteiger partial charge is 0.378 e. The molecule has 2 heterocycles. The lowest BCUT2D eigenvalue weighted by atomic mass is 10.3. The van der Waals surface area contributed by atoms with E-state index < -0.39 is 0 Å². The normalized spacial score (nSPS) is 10.6. The van der Waals surface area contributed by atoms with E-state index in [9.17, 15) is 0 Å². The van der Waals surface area contributed by atoms with E-state index in [4.69, 9.17) is 11.6 Å². The van der Waals surface area contributed by atoms with Crippen LogP contribution in [-0.2, 0) is 13.1 Å². The summed E-state index contributed by atoms with van der Waals surface area (Å²) in [5.41, 5.74) is 3.09. The minimum atomic E-state index is 0.501. The Hall–Kier alpha value is -1.55. The highest BCUT2D eigenvalue weighted by molar-refractivity contribution is 6.31. The highest BCUT2D eigenvalue weighted by Gasteiger charge is 2.03. The fourth-order valence-corrected chi connectivity index (χ4v) is 1.89. The van der Waals surface area contributed by atoms with Crippen molar-refractivity contribution in [2.75, 3.05) is 5.32 Å². The second-order valence-corrected chi connectivity index (χ2v) is 4.67. The summed E-state index contributed by atoms with van der Waals surface area (Å²) in [7, 11) is 0. The predicted molar refractivity (Wildman–Crippen MR) is 73.8 cm³/mol. The van der Waals surface area contributed by atoms with E-state index >= 15 is 0 Å². The fourth-order valence-electron chi connectivity index (χ4n) is 1.72. The van der Waals surface area contributed by atoms with Gasteiger partial charge in [0.1, 0.15) is 0 Å². The van der Waals surface area contributed by atoms with Crippen molar-refractivity contribution < 1.29 is 0 Å². The zero-order valence-corrected chi connectivity index (χ0v) is 11.4. The smallest absolute Gasteiger partial charge is 0.152 e. The summed E-state index contributed by atoms with van der Waals surface area (Å²) in [6.07, 6.45) is 6.77. The number of pyridine rings is 1. The van der Waals surface area contributed by atoms with Gasteiger partial charge in [-0.25, -0.2) is 4.98 Å². The number of aryl methyl sites for hydroxylation is 2. The molecule has 0 aromatic carbocycles. The maximum atomic E-state index is 6.02. The first-order chi connectivity index (χ1) is 8.69. The van der Waals surface area contributed by atoms with E-state index in [0.29, 0.717) is 11.7 Å². The molecule has 0 radical (unpaired) electrons. The van der Waals surface area contributed by atoms with Gasteiger partial charge in [-0.05, 0) is 25.0 Å². The molecule has 18 heavy (non-hydrogen) atoms. The van der Waals surface area contributed by atoms with Crippen LogP contribution in [0.25, 0.3) is 0 Å². The maximum Gasteiger partial charge on any atom is 0.152 e. The molecule has 96 valence electrons. The van der Waals surface area contributed by atoms with Crippen LogP contribution in [0.1, 0.15) is 24.5 Å². The Morgan fingerprint density at radius 2 is 2.22 bits per heavy atom. The second kappa shape index (κ2) is 5.87. The molecular weight excluding hydrogens is 248 g/mol. The third-order valence-corrected chi connectivity index (χ3v) is 2.90. The Kier molecular flexibility index (Phi) is 4.20. The molecule has 1 N–H and O–H groups in total. The molecule has 0 spiro atoms. The Bertz CT molecular complexity index is 521. The lowest BCUT2D eigenvalue weighted by Crippen LogP contribution is -2.01. The monoisotopic (exact) mass is 264 g/mol. The van der Waals surface area contributed by atoms with Crippen molar-refractivity contribution in [1.29, 1.82) is 0 Å². The molecule has 2 aromatic rings. The van der Waals surface area contributed by atoms with E-state index in [1.54, 1.807) is 6.20 Å². The lowest BCUT2D eigenvalue weighted by Gasteiger charge is -2.07. The van der Waals surface area contributed by atoms with Gasteiger partial charge in [0.25, 0.3) is 0 Å². The van der Waals surface area contributed by atoms with Crippen LogP contribution in [0.2, 0.25) is 5.15 Å². The van der Waals surface area contributed by atoms with Crippen LogP contribution in [0, 0.1) is 6.92 Å². The zero-order chi connectivity index (χ0) is 13.0. The van der Waals surface area contributed by atoms with E-state index in [-0.39, 0.29) is 0 Å². The SMILES string of the molecule is CCCn1cc(CNc2cc(C)cnc2Cl)cn1. The summed E-state index contributed by atoms with van der Waals surface area (Å²) < 4.78 is 1.95. The average Bonchev–Trinajstić information content (AvgIpc) is 2.79. The minimum Gasteiger partial charge on any atom is -0.378 e. The molecule has 0 aliphatic carbocycles. The van der Waals surface area contributed by atoms with Gasteiger partial charge >= 0.3 is 0 Å². The Morgan fingerprint density at radius 1 is 1.39 bits per heavy atom.